The van der Waals surface area contributed by atoms with E-state index in [-0.39, 0.29) is 97.8 Å². The minimum Gasteiger partial charge on any atom is -0.549 e. The number of aliphatic hydroxyl groups is 10. The van der Waals surface area contributed by atoms with Gasteiger partial charge in [0.2, 0.25) is 11.8 Å². The standard InChI is InChI=1S/C34H61N9O22.Gd.H2O/c44-16-22(48)33(62)31(60)20(46)9-39-64-18-26(52)37-3-1-35-24(50)11-42(14-29(56)57)7-5-41(13-28(54)55)6-8-43(15-30(58)59)12-25(51)36-2-4-38-27(53)19-65-40-10-21(47)32(61)34(63)23(49)17-45;;/h9-10,20-23,31-34,44-49,60-63H,1-8,11-19H2,(H,35,50)(H,36,51)(H,37,52)(H,38,53)(H,54,55)(H,56,57)(H,58,59);;1H2/q;+3;/p-3/b39-9+,40-10+;;/t20?,21?,22?,23?,31-,32+,33-,34-;;/m1../s1. The van der Waals surface area contributed by atoms with Crippen LogP contribution in [0.1, 0.15) is 0 Å². The summed E-state index contributed by atoms with van der Waals surface area (Å²) in [5.74, 6) is -7.66. The fraction of sp³-hybridized carbons (Fsp3) is 0.735. The molecule has 0 bridgehead atoms. The zero-order valence-corrected chi connectivity index (χ0v) is 38.0. The maximum Gasteiger partial charge on any atom is 3.00 e. The molecule has 8 atom stereocenters. The number of aliphatic carboxylic acids is 3. The van der Waals surface area contributed by atoms with Gasteiger partial charge in [-0.25, -0.2) is 0 Å². The van der Waals surface area contributed by atoms with Crippen LogP contribution in [0.5, 0.6) is 0 Å². The van der Waals surface area contributed by atoms with E-state index < -0.39 is 150 Å². The summed E-state index contributed by atoms with van der Waals surface area (Å²) in [5, 5.41) is 144. The number of oxime groups is 2. The van der Waals surface area contributed by atoms with Crippen molar-refractivity contribution >= 4 is 54.0 Å². The second-order valence-electron chi connectivity index (χ2n) is 13.7. The van der Waals surface area contributed by atoms with Gasteiger partial charge in [-0.2, -0.15) is 0 Å². The van der Waals surface area contributed by atoms with Gasteiger partial charge in [0.1, 0.15) is 48.8 Å². The molecule has 0 aliphatic rings. The molecule has 4 amide bonds. The molecule has 0 aliphatic carbocycles. The van der Waals surface area contributed by atoms with Crippen molar-refractivity contribution in [2.24, 2.45) is 10.3 Å². The molecule has 387 valence electrons. The molecule has 0 spiro atoms. The van der Waals surface area contributed by atoms with Crippen molar-refractivity contribution in [3.8, 4) is 0 Å². The zero-order chi connectivity index (χ0) is 49.5. The van der Waals surface area contributed by atoms with Crippen molar-refractivity contribution in [2.75, 3.05) is 112 Å². The fourth-order valence-corrected chi connectivity index (χ4v) is 4.89. The van der Waals surface area contributed by atoms with Gasteiger partial charge in [-0.3, -0.25) is 33.9 Å². The Hall–Kier alpha value is -4.01. The second kappa shape index (κ2) is 38.9. The average molecular weight is 1120 g/mol. The molecule has 0 aromatic carbocycles. The van der Waals surface area contributed by atoms with E-state index in [0.29, 0.717) is 12.4 Å². The molecule has 0 aliphatic heterocycles. The van der Waals surface area contributed by atoms with Gasteiger partial charge >= 0.3 is 39.9 Å². The summed E-state index contributed by atoms with van der Waals surface area (Å²) in [5.41, 5.74) is 0. The number of nitrogens with one attached hydrogen (secondary N) is 4. The van der Waals surface area contributed by atoms with Crippen molar-refractivity contribution in [1.29, 1.82) is 0 Å². The first-order valence-corrected chi connectivity index (χ1v) is 19.4. The molecule has 0 fully saturated rings. The summed E-state index contributed by atoms with van der Waals surface area (Å²) in [6, 6.07) is 0. The summed E-state index contributed by atoms with van der Waals surface area (Å²) in [6.07, 6.45) is -13.7. The van der Waals surface area contributed by atoms with Crippen molar-refractivity contribution in [3.05, 3.63) is 0 Å². The number of carboxylic acids is 3. The summed E-state index contributed by atoms with van der Waals surface area (Å²) in [4.78, 5) is 95.8. The summed E-state index contributed by atoms with van der Waals surface area (Å²) in [7, 11) is 0. The molecule has 0 rings (SSSR count). The van der Waals surface area contributed by atoms with Crippen LogP contribution < -0.4 is 36.6 Å². The quantitative estimate of drug-likeness (QED) is 0.0155. The Kier molecular flexibility index (Phi) is 39.1. The second-order valence-corrected chi connectivity index (χ2v) is 13.7. The van der Waals surface area contributed by atoms with Crippen LogP contribution in [-0.4, -0.2) is 286 Å². The topological polar surface area (TPSA) is 523 Å². The van der Waals surface area contributed by atoms with E-state index in [1.807, 2.05) is 0 Å². The molecular formula is C34H60GdN9O23. The van der Waals surface area contributed by atoms with Crippen LogP contribution in [0.3, 0.4) is 0 Å². The Morgan fingerprint density at radius 1 is 0.478 bits per heavy atom. The largest absolute Gasteiger partial charge is 3.00 e. The molecule has 32 nitrogen and oxygen atoms in total. The van der Waals surface area contributed by atoms with Crippen LogP contribution in [0.25, 0.3) is 0 Å². The van der Waals surface area contributed by atoms with Crippen LogP contribution in [0.4, 0.5) is 0 Å². The van der Waals surface area contributed by atoms with E-state index >= 15 is 0 Å². The number of amides is 4. The number of aliphatic hydroxyl groups excluding tert-OH is 10. The van der Waals surface area contributed by atoms with E-state index in [9.17, 15) is 89.7 Å². The number of nitrogens with zero attached hydrogens (tertiary/aromatic N) is 5. The minimum atomic E-state index is -1.94. The van der Waals surface area contributed by atoms with Crippen molar-refractivity contribution in [3.63, 3.8) is 0 Å². The van der Waals surface area contributed by atoms with Crippen LogP contribution in [0, 0.1) is 39.9 Å². The first-order valence-electron chi connectivity index (χ1n) is 19.4. The van der Waals surface area contributed by atoms with E-state index in [1.165, 1.54) is 4.90 Å². The number of carboxylic acid groups (broad SMARTS) is 3. The van der Waals surface area contributed by atoms with Crippen LogP contribution in [-0.2, 0) is 43.2 Å². The third kappa shape index (κ3) is 33.2. The van der Waals surface area contributed by atoms with Gasteiger partial charge in [0.15, 0.2) is 13.2 Å². The smallest absolute Gasteiger partial charge is 0.549 e. The third-order valence-electron chi connectivity index (χ3n) is 8.33. The van der Waals surface area contributed by atoms with Crippen LogP contribution >= 0.6 is 0 Å². The normalized spacial score (nSPS) is 15.0. The molecule has 0 saturated carbocycles. The number of rotatable bonds is 38. The van der Waals surface area contributed by atoms with Gasteiger partial charge in [-0.1, -0.05) is 10.3 Å². The molecule has 67 heavy (non-hydrogen) atoms. The van der Waals surface area contributed by atoms with Crippen LogP contribution in [0.2, 0.25) is 0 Å². The summed E-state index contributed by atoms with van der Waals surface area (Å²) in [6.45, 7) is -7.97. The Balaban J connectivity index is -0.0000205. The van der Waals surface area contributed by atoms with Gasteiger partial charge in [-0.05, 0) is 0 Å². The Bertz CT molecular complexity index is 1420. The average Bonchev–Trinajstić information content (AvgIpc) is 3.25. The molecule has 1 radical (unpaired) electrons. The minimum absolute atomic E-state index is 0. The predicted molar refractivity (Wildman–Crippen MR) is 211 cm³/mol. The van der Waals surface area contributed by atoms with Gasteiger partial charge in [0.05, 0.1) is 56.6 Å². The predicted octanol–water partition coefficient (Wildman–Crippen LogP) is -16.3. The van der Waals surface area contributed by atoms with E-state index in [1.54, 1.807) is 0 Å². The van der Waals surface area contributed by atoms with Gasteiger partial charge < -0.3 is 117 Å². The van der Waals surface area contributed by atoms with Crippen molar-refractivity contribution in [2.45, 2.75) is 48.8 Å². The summed E-state index contributed by atoms with van der Waals surface area (Å²) < 4.78 is 0. The van der Waals surface area contributed by atoms with E-state index in [2.05, 4.69) is 41.3 Å². The maximum absolute atomic E-state index is 12.5. The Morgan fingerprint density at radius 2 is 0.761 bits per heavy atom. The number of hydrogen-bond donors (Lipinski definition) is 14. The number of carbonyl (C=O) groups is 7. The molecule has 0 aromatic rings. The number of carbonyl (C=O) groups excluding carboxylic acids is 7. The van der Waals surface area contributed by atoms with E-state index in [4.69, 9.17) is 10.2 Å². The monoisotopic (exact) mass is 1120 g/mol. The van der Waals surface area contributed by atoms with Crippen molar-refractivity contribution < 1.29 is 155 Å². The Morgan fingerprint density at radius 3 is 1.06 bits per heavy atom. The molecule has 0 aromatic heterocycles. The fourth-order valence-electron chi connectivity index (χ4n) is 4.89. The zero-order valence-electron chi connectivity index (χ0n) is 35.8. The van der Waals surface area contributed by atoms with Gasteiger partial charge in [0.25, 0.3) is 11.8 Å². The molecule has 16 N–H and O–H groups in total. The first kappa shape index (κ1) is 67.3. The molecule has 33 heteroatoms. The molecule has 0 heterocycles. The molecule has 0 saturated heterocycles. The van der Waals surface area contributed by atoms with Gasteiger partial charge in [0, 0.05) is 72.0 Å². The Labute approximate surface area is 413 Å². The first-order chi connectivity index (χ1) is 30.6. The number of hydrogen-bond acceptors (Lipinski definition) is 27. The molecular weight excluding hydrogens is 1060 g/mol. The van der Waals surface area contributed by atoms with Crippen LogP contribution in [0.15, 0.2) is 10.3 Å². The van der Waals surface area contributed by atoms with E-state index in [0.717, 1.165) is 9.80 Å². The summed E-state index contributed by atoms with van der Waals surface area (Å²) >= 11 is 0. The van der Waals surface area contributed by atoms with Crippen molar-refractivity contribution in [1.82, 2.24) is 36.0 Å². The SMILES string of the molecule is O.O=C([O-])CN(CCN(CC(=O)[O-])CC(=O)NCCNC(=O)CO/N=C/C(O)[C@@H](O)[C@H](O)C(O)CO)CCN(CC(=O)[O-])CC(=O)NCCNC(=O)CO/N=C/C(O)[C@H](O)[C@H](O)C(O)CO.[Gd+3]. The molecule has 4 unspecified atom stereocenters. The maximum atomic E-state index is 12.5. The third-order valence-corrected chi connectivity index (χ3v) is 8.33. The van der Waals surface area contributed by atoms with Gasteiger partial charge in [-0.15, -0.1) is 0 Å².